The number of oxazole rings is 1. The Morgan fingerprint density at radius 2 is 1.94 bits per heavy atom. The summed E-state index contributed by atoms with van der Waals surface area (Å²) in [7, 11) is 0. The predicted octanol–water partition coefficient (Wildman–Crippen LogP) is 6.47. The highest BCUT2D eigenvalue weighted by Gasteiger charge is 2.34. The van der Waals surface area contributed by atoms with E-state index >= 15 is 0 Å². The average molecular weight is 462 g/mol. The molecule has 2 N–H and O–H groups in total. The van der Waals surface area contributed by atoms with Gasteiger partial charge in [-0.3, -0.25) is 4.79 Å². The summed E-state index contributed by atoms with van der Waals surface area (Å²) in [5.41, 5.74) is -0.458. The Morgan fingerprint density at radius 3 is 2.66 bits per heavy atom. The first-order valence-corrected chi connectivity index (χ1v) is 9.68. The first-order chi connectivity index (χ1) is 15.3. The highest BCUT2D eigenvalue weighted by Crippen LogP contribution is 2.37. The van der Waals surface area contributed by atoms with E-state index in [1.807, 2.05) is 0 Å². The van der Waals surface area contributed by atoms with Crippen molar-refractivity contribution in [2.24, 2.45) is 0 Å². The summed E-state index contributed by atoms with van der Waals surface area (Å²) in [6.45, 7) is -0.0816. The molecule has 0 fully saturated rings. The van der Waals surface area contributed by atoms with Crippen molar-refractivity contribution >= 4 is 28.9 Å². The Morgan fingerprint density at radius 1 is 1.09 bits per heavy atom. The number of furan rings is 1. The van der Waals surface area contributed by atoms with Gasteiger partial charge in [0.2, 0.25) is 5.89 Å². The molecule has 4 aromatic rings. The minimum atomic E-state index is -4.66. The minimum absolute atomic E-state index is 0.0137. The number of carbonyl (C=O) groups is 1. The Hall–Kier alpha value is -3.72. The molecular weight excluding hydrogens is 447 g/mol. The van der Waals surface area contributed by atoms with Crippen molar-refractivity contribution in [3.05, 3.63) is 89.3 Å². The number of benzene rings is 2. The largest absolute Gasteiger partial charge is 0.459 e. The number of anilines is 2. The molecule has 0 aliphatic heterocycles. The first-order valence-electron chi connectivity index (χ1n) is 9.30. The Bertz CT molecular complexity index is 1240. The zero-order valence-corrected chi connectivity index (χ0v) is 17.0. The van der Waals surface area contributed by atoms with E-state index in [2.05, 4.69) is 15.6 Å². The van der Waals surface area contributed by atoms with Crippen LogP contribution in [-0.4, -0.2) is 10.9 Å². The number of hydrogen-bond acceptors (Lipinski definition) is 5. The van der Waals surface area contributed by atoms with Crippen LogP contribution in [0.1, 0.15) is 22.0 Å². The van der Waals surface area contributed by atoms with Gasteiger partial charge in [0.05, 0.1) is 24.6 Å². The molecule has 0 atom stereocenters. The van der Waals surface area contributed by atoms with Crippen LogP contribution in [0, 0.1) is 0 Å². The van der Waals surface area contributed by atoms with Gasteiger partial charge in [0.15, 0.2) is 11.5 Å². The van der Waals surface area contributed by atoms with Gasteiger partial charge in [0.1, 0.15) is 0 Å². The smallest absolute Gasteiger partial charge is 0.418 e. The summed E-state index contributed by atoms with van der Waals surface area (Å²) < 4.78 is 51.4. The SMILES string of the molecule is O=C(Nc1ccc(NCc2ncc(-c3cccc(Cl)c3)o2)c(C(F)(F)F)c1)c1ccco1. The summed E-state index contributed by atoms with van der Waals surface area (Å²) in [5.74, 6) is -0.0306. The number of amides is 1. The van der Waals surface area contributed by atoms with Gasteiger partial charge in [-0.25, -0.2) is 4.98 Å². The topological polar surface area (TPSA) is 80.3 Å². The Balaban J connectivity index is 1.50. The van der Waals surface area contributed by atoms with Crippen LogP contribution in [0.25, 0.3) is 11.3 Å². The standard InChI is InChI=1S/C22H15ClF3N3O3/c23-14-4-1-3-13(9-14)19-11-28-20(32-19)12-27-17-7-6-15(10-16(17)22(24,25)26)29-21(30)18-5-2-8-31-18/h1-11,27H,12H2,(H,29,30). The number of carbonyl (C=O) groups excluding carboxylic acids is 1. The molecule has 0 saturated carbocycles. The molecule has 1 amide bonds. The number of rotatable bonds is 6. The zero-order chi connectivity index (χ0) is 22.7. The predicted molar refractivity (Wildman–Crippen MR) is 112 cm³/mol. The van der Waals surface area contributed by atoms with Crippen molar-refractivity contribution in [3.63, 3.8) is 0 Å². The van der Waals surface area contributed by atoms with Gasteiger partial charge in [0, 0.05) is 22.0 Å². The molecule has 32 heavy (non-hydrogen) atoms. The highest BCUT2D eigenvalue weighted by molar-refractivity contribution is 6.30. The Labute approximate surface area is 185 Å². The average Bonchev–Trinajstić information content (AvgIpc) is 3.44. The molecule has 164 valence electrons. The lowest BCUT2D eigenvalue weighted by atomic mass is 10.1. The fourth-order valence-electron chi connectivity index (χ4n) is 2.95. The molecule has 2 heterocycles. The van der Waals surface area contributed by atoms with Crippen molar-refractivity contribution in [1.29, 1.82) is 0 Å². The van der Waals surface area contributed by atoms with Gasteiger partial charge >= 0.3 is 6.18 Å². The second-order valence-electron chi connectivity index (χ2n) is 6.67. The third-order valence-corrected chi connectivity index (χ3v) is 4.66. The van der Waals surface area contributed by atoms with E-state index in [1.165, 1.54) is 36.7 Å². The van der Waals surface area contributed by atoms with Crippen LogP contribution in [0.4, 0.5) is 24.5 Å². The van der Waals surface area contributed by atoms with Crippen LogP contribution in [-0.2, 0) is 12.7 Å². The lowest BCUT2D eigenvalue weighted by Crippen LogP contribution is -2.14. The Kier molecular flexibility index (Phi) is 5.91. The van der Waals surface area contributed by atoms with E-state index in [4.69, 9.17) is 20.4 Å². The third-order valence-electron chi connectivity index (χ3n) is 4.42. The van der Waals surface area contributed by atoms with Gasteiger partial charge in [-0.15, -0.1) is 0 Å². The number of hydrogen-bond donors (Lipinski definition) is 2. The maximum atomic E-state index is 13.6. The van der Waals surface area contributed by atoms with E-state index in [0.29, 0.717) is 16.3 Å². The van der Waals surface area contributed by atoms with Crippen molar-refractivity contribution in [2.75, 3.05) is 10.6 Å². The molecule has 0 saturated heterocycles. The van der Waals surface area contributed by atoms with Crippen LogP contribution < -0.4 is 10.6 Å². The number of aromatic nitrogens is 1. The van der Waals surface area contributed by atoms with E-state index in [1.54, 1.807) is 24.3 Å². The molecule has 10 heteroatoms. The van der Waals surface area contributed by atoms with E-state index in [-0.39, 0.29) is 29.6 Å². The monoisotopic (exact) mass is 461 g/mol. The van der Waals surface area contributed by atoms with Gasteiger partial charge in [-0.05, 0) is 42.5 Å². The van der Waals surface area contributed by atoms with Crippen molar-refractivity contribution in [1.82, 2.24) is 4.98 Å². The quantitative estimate of drug-likeness (QED) is 0.344. The molecule has 0 aliphatic carbocycles. The van der Waals surface area contributed by atoms with Gasteiger partial charge < -0.3 is 19.5 Å². The lowest BCUT2D eigenvalue weighted by Gasteiger charge is -2.15. The summed E-state index contributed by atoms with van der Waals surface area (Å²) in [6, 6.07) is 13.3. The summed E-state index contributed by atoms with van der Waals surface area (Å²) in [6.07, 6.45) is -1.89. The molecule has 0 unspecified atom stereocenters. The molecule has 2 aromatic carbocycles. The van der Waals surface area contributed by atoms with Gasteiger partial charge in [-0.2, -0.15) is 13.2 Å². The van der Waals surface area contributed by atoms with Gasteiger partial charge in [-0.1, -0.05) is 23.7 Å². The zero-order valence-electron chi connectivity index (χ0n) is 16.2. The van der Waals surface area contributed by atoms with Crippen LogP contribution >= 0.6 is 11.6 Å². The molecule has 0 aliphatic rings. The molecule has 0 spiro atoms. The lowest BCUT2D eigenvalue weighted by molar-refractivity contribution is -0.136. The third kappa shape index (κ3) is 4.94. The fourth-order valence-corrected chi connectivity index (χ4v) is 3.14. The van der Waals surface area contributed by atoms with Crippen LogP contribution in [0.2, 0.25) is 5.02 Å². The van der Waals surface area contributed by atoms with Gasteiger partial charge in [0.25, 0.3) is 5.91 Å². The van der Waals surface area contributed by atoms with Crippen molar-refractivity contribution < 1.29 is 26.8 Å². The molecule has 4 rings (SSSR count). The summed E-state index contributed by atoms with van der Waals surface area (Å²) >= 11 is 5.96. The molecule has 0 radical (unpaired) electrons. The first kappa shape index (κ1) is 21.5. The van der Waals surface area contributed by atoms with Crippen LogP contribution in [0.5, 0.6) is 0 Å². The number of halogens is 4. The molecule has 6 nitrogen and oxygen atoms in total. The van der Waals surface area contributed by atoms with Crippen molar-refractivity contribution in [3.8, 4) is 11.3 Å². The second-order valence-corrected chi connectivity index (χ2v) is 7.11. The molecule has 0 bridgehead atoms. The number of nitrogens with zero attached hydrogens (tertiary/aromatic N) is 1. The number of alkyl halides is 3. The number of nitrogens with one attached hydrogen (secondary N) is 2. The minimum Gasteiger partial charge on any atom is -0.459 e. The second kappa shape index (κ2) is 8.80. The molecule has 2 aromatic heterocycles. The maximum absolute atomic E-state index is 13.6. The fraction of sp³-hybridized carbons (Fsp3) is 0.0909. The van der Waals surface area contributed by atoms with Crippen molar-refractivity contribution in [2.45, 2.75) is 12.7 Å². The van der Waals surface area contributed by atoms with Crippen LogP contribution in [0.15, 0.2) is 75.9 Å². The molecular formula is C22H15ClF3N3O3. The van der Waals surface area contributed by atoms with E-state index in [9.17, 15) is 18.0 Å². The van der Waals surface area contributed by atoms with Crippen LogP contribution in [0.3, 0.4) is 0 Å². The van der Waals surface area contributed by atoms with E-state index < -0.39 is 17.6 Å². The maximum Gasteiger partial charge on any atom is 0.418 e. The van der Waals surface area contributed by atoms with E-state index in [0.717, 1.165) is 6.07 Å². The summed E-state index contributed by atoms with van der Waals surface area (Å²) in [5, 5.41) is 5.59. The normalized spacial score (nSPS) is 11.4. The highest BCUT2D eigenvalue weighted by atomic mass is 35.5. The summed E-state index contributed by atoms with van der Waals surface area (Å²) in [4.78, 5) is 16.1.